The summed E-state index contributed by atoms with van der Waals surface area (Å²) < 4.78 is 12.8. The van der Waals surface area contributed by atoms with E-state index in [2.05, 4.69) is 10.1 Å². The van der Waals surface area contributed by atoms with Crippen molar-refractivity contribution < 1.29 is 9.50 Å². The summed E-state index contributed by atoms with van der Waals surface area (Å²) in [6.07, 6.45) is 2.60. The Hall–Kier alpha value is -0.880. The minimum Gasteiger partial charge on any atom is -0.383 e. The molecule has 0 aliphatic carbocycles. The summed E-state index contributed by atoms with van der Waals surface area (Å²) in [7, 11) is 0. The number of rotatable bonds is 4. The molecule has 0 bridgehead atoms. The van der Waals surface area contributed by atoms with Gasteiger partial charge in [-0.05, 0) is 17.7 Å². The third-order valence-corrected chi connectivity index (χ3v) is 3.17. The largest absolute Gasteiger partial charge is 0.383 e. The predicted octanol–water partition coefficient (Wildman–Crippen LogP) is 3.07. The van der Waals surface area contributed by atoms with Crippen molar-refractivity contribution >= 4 is 34.8 Å². The van der Waals surface area contributed by atoms with Gasteiger partial charge in [0.1, 0.15) is 24.1 Å². The normalized spacial score (nSPS) is 15.1. The number of hydrogen-bond donors (Lipinski definition) is 1. The van der Waals surface area contributed by atoms with Gasteiger partial charge in [-0.25, -0.2) is 14.1 Å². The van der Waals surface area contributed by atoms with Crippen LogP contribution >= 0.6 is 34.8 Å². The van der Waals surface area contributed by atoms with Gasteiger partial charge in [0.05, 0.1) is 6.54 Å². The summed E-state index contributed by atoms with van der Waals surface area (Å²) in [5.74, 6) is -0.411. The van der Waals surface area contributed by atoms with E-state index in [4.69, 9.17) is 34.8 Å². The molecule has 2 aromatic rings. The van der Waals surface area contributed by atoms with Crippen molar-refractivity contribution in [1.29, 1.82) is 0 Å². The molecule has 1 unspecified atom stereocenters. The summed E-state index contributed by atoms with van der Waals surface area (Å²) in [5, 5.41) is 14.7. The van der Waals surface area contributed by atoms with Crippen LogP contribution < -0.4 is 0 Å². The molecule has 0 aliphatic heterocycles. The van der Waals surface area contributed by atoms with Gasteiger partial charge in [-0.15, -0.1) is 0 Å². The molecule has 8 heteroatoms. The molecule has 4 nitrogen and oxygen atoms in total. The van der Waals surface area contributed by atoms with Gasteiger partial charge < -0.3 is 5.11 Å². The van der Waals surface area contributed by atoms with Crippen molar-refractivity contribution in [3.8, 4) is 0 Å². The molecule has 108 valence electrons. The fourth-order valence-corrected chi connectivity index (χ4v) is 2.59. The van der Waals surface area contributed by atoms with Crippen LogP contribution in [0, 0.1) is 5.82 Å². The Morgan fingerprint density at radius 3 is 2.35 bits per heavy atom. The first kappa shape index (κ1) is 15.5. The molecule has 1 heterocycles. The van der Waals surface area contributed by atoms with E-state index in [1.54, 1.807) is 0 Å². The lowest BCUT2D eigenvalue weighted by molar-refractivity contribution is 0.00731. The maximum Gasteiger partial charge on any atom is 0.193 e. The molecule has 2 rings (SSSR count). The minimum atomic E-state index is -1.66. The maximum absolute atomic E-state index is 13.0. The van der Waals surface area contributed by atoms with Gasteiger partial charge in [0.15, 0.2) is 3.79 Å². The standard InChI is InChI=1S/C12H11Cl3FN3O/c13-12(14,15)5-11(20,6-19-8-17-7-18-19)9-1-3-10(16)4-2-9/h1-4,7-8,20H,5-6H2. The van der Waals surface area contributed by atoms with Crippen LogP contribution in [0.4, 0.5) is 4.39 Å². The van der Waals surface area contributed by atoms with E-state index in [9.17, 15) is 9.50 Å². The average molecular weight is 339 g/mol. The SMILES string of the molecule is OC(Cn1cncn1)(CC(Cl)(Cl)Cl)c1ccc(F)cc1. The first-order valence-electron chi connectivity index (χ1n) is 5.66. The molecule has 0 radical (unpaired) electrons. The highest BCUT2D eigenvalue weighted by Gasteiger charge is 2.38. The lowest BCUT2D eigenvalue weighted by Gasteiger charge is -2.31. The molecule has 0 fully saturated rings. The van der Waals surface area contributed by atoms with Crippen LogP contribution in [0.2, 0.25) is 0 Å². The highest BCUT2D eigenvalue weighted by molar-refractivity contribution is 6.67. The summed E-state index contributed by atoms with van der Waals surface area (Å²) >= 11 is 17.4. The molecule has 0 saturated carbocycles. The van der Waals surface area contributed by atoms with Crippen molar-refractivity contribution in [1.82, 2.24) is 14.8 Å². The van der Waals surface area contributed by atoms with Crippen molar-refractivity contribution in [3.63, 3.8) is 0 Å². The first-order valence-corrected chi connectivity index (χ1v) is 6.79. The van der Waals surface area contributed by atoms with Crippen LogP contribution in [0.5, 0.6) is 0 Å². The summed E-state index contributed by atoms with van der Waals surface area (Å²) in [6.45, 7) is 0.0343. The lowest BCUT2D eigenvalue weighted by Crippen LogP contribution is -2.35. The molecule has 0 aliphatic rings. The molecular weight excluding hydrogens is 328 g/mol. The Morgan fingerprint density at radius 2 is 1.85 bits per heavy atom. The molecule has 0 saturated heterocycles. The highest BCUT2D eigenvalue weighted by atomic mass is 35.6. The van der Waals surface area contributed by atoms with Crippen molar-refractivity contribution in [2.24, 2.45) is 0 Å². The van der Waals surface area contributed by atoms with Crippen LogP contribution in [0.1, 0.15) is 12.0 Å². The van der Waals surface area contributed by atoms with E-state index < -0.39 is 15.2 Å². The molecule has 1 atom stereocenters. The Kier molecular flexibility index (Phi) is 4.54. The van der Waals surface area contributed by atoms with Crippen molar-refractivity contribution in [2.45, 2.75) is 22.4 Å². The Morgan fingerprint density at radius 1 is 1.20 bits per heavy atom. The second-order valence-electron chi connectivity index (χ2n) is 4.42. The number of benzene rings is 1. The van der Waals surface area contributed by atoms with E-state index in [1.807, 2.05) is 0 Å². The van der Waals surface area contributed by atoms with Gasteiger partial charge in [0, 0.05) is 6.42 Å². The molecule has 0 spiro atoms. The number of alkyl halides is 3. The van der Waals surface area contributed by atoms with Crippen LogP contribution in [-0.4, -0.2) is 23.7 Å². The third-order valence-electron chi connectivity index (χ3n) is 2.76. The van der Waals surface area contributed by atoms with Crippen LogP contribution in [-0.2, 0) is 12.1 Å². The highest BCUT2D eigenvalue weighted by Crippen LogP contribution is 2.40. The average Bonchev–Trinajstić information content (AvgIpc) is 2.79. The van der Waals surface area contributed by atoms with Crippen molar-refractivity contribution in [3.05, 3.63) is 48.3 Å². The number of hydrogen-bond acceptors (Lipinski definition) is 3. The molecule has 1 aromatic carbocycles. The maximum atomic E-state index is 13.0. The van der Waals surface area contributed by atoms with Crippen LogP contribution in [0.15, 0.2) is 36.9 Å². The van der Waals surface area contributed by atoms with E-state index in [-0.39, 0.29) is 13.0 Å². The minimum absolute atomic E-state index is 0.0343. The quantitative estimate of drug-likeness (QED) is 0.872. The van der Waals surface area contributed by atoms with E-state index in [0.29, 0.717) is 5.56 Å². The monoisotopic (exact) mass is 337 g/mol. The number of nitrogens with zero attached hydrogens (tertiary/aromatic N) is 3. The topological polar surface area (TPSA) is 50.9 Å². The number of aromatic nitrogens is 3. The Labute approximate surface area is 130 Å². The van der Waals surface area contributed by atoms with Gasteiger partial charge in [0.2, 0.25) is 0 Å². The zero-order valence-electron chi connectivity index (χ0n) is 10.2. The van der Waals surface area contributed by atoms with E-state index in [1.165, 1.54) is 41.6 Å². The molecule has 0 amide bonds. The molecule has 20 heavy (non-hydrogen) atoms. The molecule has 1 aromatic heterocycles. The summed E-state index contributed by atoms with van der Waals surface area (Å²) in [5.41, 5.74) is -1.08. The predicted molar refractivity (Wildman–Crippen MR) is 75.2 cm³/mol. The van der Waals surface area contributed by atoms with Gasteiger partial charge >= 0.3 is 0 Å². The smallest absolute Gasteiger partial charge is 0.193 e. The zero-order valence-corrected chi connectivity index (χ0v) is 12.4. The van der Waals surface area contributed by atoms with Gasteiger partial charge in [-0.2, -0.15) is 5.10 Å². The second kappa shape index (κ2) is 5.85. The van der Waals surface area contributed by atoms with E-state index in [0.717, 1.165) is 0 Å². The third kappa shape index (κ3) is 4.06. The van der Waals surface area contributed by atoms with Crippen LogP contribution in [0.3, 0.4) is 0 Å². The fraction of sp³-hybridized carbons (Fsp3) is 0.333. The Balaban J connectivity index is 2.34. The molecule has 1 N–H and O–H groups in total. The lowest BCUT2D eigenvalue weighted by atomic mass is 9.91. The first-order chi connectivity index (χ1) is 9.28. The van der Waals surface area contributed by atoms with Crippen molar-refractivity contribution in [2.75, 3.05) is 0 Å². The molecular formula is C12H11Cl3FN3O. The number of halogens is 4. The Bertz CT molecular complexity index is 556. The van der Waals surface area contributed by atoms with Gasteiger partial charge in [-0.1, -0.05) is 46.9 Å². The number of aliphatic hydroxyl groups is 1. The van der Waals surface area contributed by atoms with Crippen LogP contribution in [0.25, 0.3) is 0 Å². The van der Waals surface area contributed by atoms with Gasteiger partial charge in [0.25, 0.3) is 0 Å². The van der Waals surface area contributed by atoms with E-state index >= 15 is 0 Å². The second-order valence-corrected chi connectivity index (χ2v) is 6.94. The summed E-state index contributed by atoms with van der Waals surface area (Å²) in [6, 6.07) is 5.37. The summed E-state index contributed by atoms with van der Waals surface area (Å²) in [4.78, 5) is 3.79. The van der Waals surface area contributed by atoms with Gasteiger partial charge in [-0.3, -0.25) is 0 Å². The fourth-order valence-electron chi connectivity index (χ4n) is 1.92. The zero-order chi connectivity index (χ0) is 14.8.